The molecule has 1 rings (SSSR count). The van der Waals surface area contributed by atoms with Crippen LogP contribution in [-0.2, 0) is 13.2 Å². The van der Waals surface area contributed by atoms with Gasteiger partial charge in [0.1, 0.15) is 3.70 Å². The molecule has 0 bridgehead atoms. The summed E-state index contributed by atoms with van der Waals surface area (Å²) in [6.07, 6.45) is -4.78. The monoisotopic (exact) mass is 348 g/mol. The number of hydrogen-bond acceptors (Lipinski definition) is 4. The van der Waals surface area contributed by atoms with Gasteiger partial charge in [-0.2, -0.15) is 0 Å². The Hall–Kier alpha value is -0.610. The number of aromatic nitrogens is 1. The van der Waals surface area contributed by atoms with Gasteiger partial charge in [-0.05, 0) is 28.7 Å². The molecule has 3 N–H and O–H groups in total. The largest absolute Gasteiger partial charge is 0.573 e. The quantitative estimate of drug-likeness (QED) is 0.642. The van der Waals surface area contributed by atoms with Gasteiger partial charge >= 0.3 is 6.36 Å². The number of pyridine rings is 1. The molecule has 1 aromatic heterocycles. The van der Waals surface area contributed by atoms with Crippen LogP contribution in [0.5, 0.6) is 5.75 Å². The zero-order valence-electron chi connectivity index (χ0n) is 7.88. The van der Waals surface area contributed by atoms with Crippen LogP contribution in [0, 0.1) is 3.70 Å². The van der Waals surface area contributed by atoms with E-state index in [1.165, 1.54) is 0 Å². The Morgan fingerprint density at radius 2 is 2.12 bits per heavy atom. The van der Waals surface area contributed by atoms with Crippen LogP contribution in [0.15, 0.2) is 6.07 Å². The highest BCUT2D eigenvalue weighted by atomic mass is 127. The smallest absolute Gasteiger partial charge is 0.403 e. The molecule has 0 spiro atoms. The second-order valence-corrected chi connectivity index (χ2v) is 3.81. The Morgan fingerprint density at radius 1 is 1.50 bits per heavy atom. The minimum Gasteiger partial charge on any atom is -0.403 e. The number of halogens is 4. The summed E-state index contributed by atoms with van der Waals surface area (Å²) in [6, 6.07) is 1.09. The highest BCUT2D eigenvalue weighted by Crippen LogP contribution is 2.28. The Bertz CT molecular complexity index is 384. The maximum absolute atomic E-state index is 12.0. The third kappa shape index (κ3) is 3.46. The number of alkyl halides is 3. The van der Waals surface area contributed by atoms with Gasteiger partial charge in [-0.15, -0.1) is 13.2 Å². The molecule has 1 aromatic rings. The average Bonchev–Trinajstić information content (AvgIpc) is 2.18. The number of nitrogens with two attached hydrogens (primary N) is 1. The molecule has 0 aliphatic carbocycles. The molecule has 16 heavy (non-hydrogen) atoms. The van der Waals surface area contributed by atoms with E-state index >= 15 is 0 Å². The van der Waals surface area contributed by atoms with Crippen molar-refractivity contribution in [3.05, 3.63) is 21.0 Å². The predicted molar refractivity (Wildman–Crippen MR) is 57.5 cm³/mol. The number of hydrogen-bond donors (Lipinski definition) is 2. The van der Waals surface area contributed by atoms with Gasteiger partial charge in [0.25, 0.3) is 0 Å². The van der Waals surface area contributed by atoms with Crippen LogP contribution >= 0.6 is 22.6 Å². The van der Waals surface area contributed by atoms with Crippen LogP contribution in [0.4, 0.5) is 13.2 Å². The van der Waals surface area contributed by atoms with Crippen LogP contribution in [0.2, 0.25) is 0 Å². The SMILES string of the molecule is NCc1nc(I)c(OC(F)(F)F)cc1CO. The van der Waals surface area contributed by atoms with E-state index in [1.54, 1.807) is 22.6 Å². The Morgan fingerprint density at radius 3 is 2.56 bits per heavy atom. The lowest BCUT2D eigenvalue weighted by molar-refractivity contribution is -0.275. The van der Waals surface area contributed by atoms with Gasteiger partial charge in [0.05, 0.1) is 12.3 Å². The van der Waals surface area contributed by atoms with E-state index in [1.807, 2.05) is 0 Å². The van der Waals surface area contributed by atoms with Gasteiger partial charge in [0, 0.05) is 12.1 Å². The zero-order chi connectivity index (χ0) is 12.3. The van der Waals surface area contributed by atoms with E-state index in [0.717, 1.165) is 6.07 Å². The lowest BCUT2D eigenvalue weighted by Gasteiger charge is -2.13. The van der Waals surface area contributed by atoms with E-state index in [9.17, 15) is 13.2 Å². The molecule has 4 nitrogen and oxygen atoms in total. The second kappa shape index (κ2) is 5.15. The van der Waals surface area contributed by atoms with Gasteiger partial charge < -0.3 is 15.6 Å². The first-order valence-corrected chi connectivity index (χ1v) is 5.20. The molecular weight excluding hydrogens is 340 g/mol. The molecule has 0 saturated carbocycles. The normalized spacial score (nSPS) is 11.6. The molecule has 8 heteroatoms. The van der Waals surface area contributed by atoms with E-state index < -0.39 is 18.7 Å². The van der Waals surface area contributed by atoms with Crippen LogP contribution in [0.3, 0.4) is 0 Å². The minimum atomic E-state index is -4.78. The molecule has 0 aromatic carbocycles. The molecular formula is C8H8F3IN2O2. The molecule has 0 fully saturated rings. The minimum absolute atomic E-state index is 0.0399. The molecule has 0 atom stereocenters. The summed E-state index contributed by atoms with van der Waals surface area (Å²) < 4.78 is 39.8. The summed E-state index contributed by atoms with van der Waals surface area (Å²) in [5, 5.41) is 8.93. The summed E-state index contributed by atoms with van der Waals surface area (Å²) in [7, 11) is 0. The molecule has 90 valence electrons. The summed E-state index contributed by atoms with van der Waals surface area (Å²) in [4.78, 5) is 3.82. The van der Waals surface area contributed by atoms with Crippen molar-refractivity contribution >= 4 is 22.6 Å². The number of aliphatic hydroxyl groups is 1. The summed E-state index contributed by atoms with van der Waals surface area (Å²) in [5.74, 6) is -0.436. The van der Waals surface area contributed by atoms with Crippen LogP contribution in [-0.4, -0.2) is 16.5 Å². The fourth-order valence-electron chi connectivity index (χ4n) is 1.06. The predicted octanol–water partition coefficient (Wildman–Crippen LogP) is 1.54. The van der Waals surface area contributed by atoms with E-state index in [2.05, 4.69) is 9.72 Å². The first-order valence-electron chi connectivity index (χ1n) is 4.12. The van der Waals surface area contributed by atoms with Crippen molar-refractivity contribution in [3.63, 3.8) is 0 Å². The van der Waals surface area contributed by atoms with Crippen LogP contribution in [0.25, 0.3) is 0 Å². The van der Waals surface area contributed by atoms with Gasteiger partial charge in [0.2, 0.25) is 0 Å². The molecule has 0 unspecified atom stereocenters. The highest BCUT2D eigenvalue weighted by molar-refractivity contribution is 14.1. The van der Waals surface area contributed by atoms with Crippen molar-refractivity contribution in [1.82, 2.24) is 4.98 Å². The van der Waals surface area contributed by atoms with Crippen molar-refractivity contribution in [3.8, 4) is 5.75 Å². The molecule has 1 heterocycles. The lowest BCUT2D eigenvalue weighted by atomic mass is 10.2. The van der Waals surface area contributed by atoms with E-state index in [4.69, 9.17) is 10.8 Å². The van der Waals surface area contributed by atoms with Crippen molar-refractivity contribution in [1.29, 1.82) is 0 Å². The zero-order valence-corrected chi connectivity index (χ0v) is 10.0. The van der Waals surface area contributed by atoms with Gasteiger partial charge in [-0.3, -0.25) is 0 Å². The summed E-state index contributed by atoms with van der Waals surface area (Å²) in [6.45, 7) is -0.400. The molecule has 0 aliphatic rings. The first-order chi connectivity index (χ1) is 7.37. The number of rotatable bonds is 3. The fraction of sp³-hybridized carbons (Fsp3) is 0.375. The van der Waals surface area contributed by atoms with Crippen LogP contribution in [0.1, 0.15) is 11.3 Å². The highest BCUT2D eigenvalue weighted by Gasteiger charge is 2.32. The standard InChI is InChI=1S/C8H8F3IN2O2/c9-8(10,11)16-6-1-4(3-15)5(2-13)14-7(6)12/h1,15H,2-3,13H2. The number of ether oxygens (including phenoxy) is 1. The van der Waals surface area contributed by atoms with Gasteiger partial charge in [0.15, 0.2) is 5.75 Å². The number of nitrogens with zero attached hydrogens (tertiary/aromatic N) is 1. The molecule has 0 amide bonds. The second-order valence-electron chi connectivity index (χ2n) is 2.79. The first kappa shape index (κ1) is 13.5. The van der Waals surface area contributed by atoms with Crippen molar-refractivity contribution in [2.75, 3.05) is 0 Å². The Labute approximate surface area is 103 Å². The summed E-state index contributed by atoms with van der Waals surface area (Å²) >= 11 is 1.61. The van der Waals surface area contributed by atoms with Gasteiger partial charge in [-0.1, -0.05) is 0 Å². The molecule has 0 saturated heterocycles. The lowest BCUT2D eigenvalue weighted by Crippen LogP contribution is -2.19. The van der Waals surface area contributed by atoms with Crippen LogP contribution < -0.4 is 10.5 Å². The topological polar surface area (TPSA) is 68.4 Å². The van der Waals surface area contributed by atoms with Crippen molar-refractivity contribution in [2.45, 2.75) is 19.5 Å². The van der Waals surface area contributed by atoms with E-state index in [-0.39, 0.29) is 15.8 Å². The van der Waals surface area contributed by atoms with Gasteiger partial charge in [-0.25, -0.2) is 4.98 Å². The average molecular weight is 348 g/mol. The maximum Gasteiger partial charge on any atom is 0.573 e. The third-order valence-electron chi connectivity index (χ3n) is 1.70. The fourth-order valence-corrected chi connectivity index (χ4v) is 1.61. The third-order valence-corrected chi connectivity index (χ3v) is 2.47. The van der Waals surface area contributed by atoms with Crippen molar-refractivity contribution in [2.24, 2.45) is 5.73 Å². The Balaban J connectivity index is 3.11. The number of aliphatic hydroxyl groups excluding tert-OH is 1. The molecule has 0 radical (unpaired) electrons. The van der Waals surface area contributed by atoms with E-state index in [0.29, 0.717) is 5.69 Å². The maximum atomic E-state index is 12.0. The Kier molecular flexibility index (Phi) is 4.33. The van der Waals surface area contributed by atoms with Crippen molar-refractivity contribution < 1.29 is 23.0 Å². The molecule has 0 aliphatic heterocycles. The summed E-state index contributed by atoms with van der Waals surface area (Å²) in [5.41, 5.74) is 5.91.